The van der Waals surface area contributed by atoms with Gasteiger partial charge in [-0.3, -0.25) is 0 Å². The van der Waals surface area contributed by atoms with E-state index in [0.717, 1.165) is 77.0 Å². The van der Waals surface area contributed by atoms with Crippen molar-refractivity contribution in [3.05, 3.63) is 22.3 Å². The van der Waals surface area contributed by atoms with Crippen molar-refractivity contribution in [3.63, 3.8) is 0 Å². The normalized spacial score (nSPS) is 11.6. The molecule has 0 spiro atoms. The average Bonchev–Trinajstić information content (AvgIpc) is 3.21. The third kappa shape index (κ3) is 51.9. The fourth-order valence-corrected chi connectivity index (χ4v) is 13.7. The molecule has 0 aliphatic rings. The first kappa shape index (κ1) is 69.5. The molecule has 0 aromatic rings. The number of rotatable bonds is 38. The summed E-state index contributed by atoms with van der Waals surface area (Å²) < 4.78 is 6.44. The molecular formula is C54H100O8Sn2. The second kappa shape index (κ2) is 51.4. The Morgan fingerprint density at radius 2 is 0.531 bits per heavy atom. The maximum atomic E-state index is 11.3. The van der Waals surface area contributed by atoms with Crippen LogP contribution in [-0.2, 0) is 19.2 Å². The summed E-state index contributed by atoms with van der Waals surface area (Å²) in [5.41, 5.74) is -0.265. The Morgan fingerprint density at radius 3 is 0.703 bits per heavy atom. The van der Waals surface area contributed by atoms with E-state index in [9.17, 15) is 39.6 Å². The first-order valence-electron chi connectivity index (χ1n) is 26.0. The maximum absolute atomic E-state index is 11.3. The van der Waals surface area contributed by atoms with Crippen LogP contribution in [0.3, 0.4) is 0 Å². The molecule has 0 aromatic carbocycles. The van der Waals surface area contributed by atoms with Crippen LogP contribution in [0.15, 0.2) is 22.3 Å². The summed E-state index contributed by atoms with van der Waals surface area (Å²) in [6.45, 7) is 26.4. The molecular weight excluding hydrogens is 1010 g/mol. The standard InChI is InChI=1S/2C20H36O4.2C4H9.2C3H7.2Sn/c2*1-15(2)11-7-5-9-13-17(19(21)22)18(20(23)24)14-10-6-8-12-16(3)4;2*1-3-4-2;2*1-3-2;;/h2*15-16H,5-14H2,1-4H3,(H,21,22)(H,23,24);2*1,3-4H2,2H3;2*1,3H2,2H3;;/q;;;;;;2*+2/p-4. The third-order valence-electron chi connectivity index (χ3n) is 10.8. The minimum atomic E-state index is -1.36. The van der Waals surface area contributed by atoms with E-state index in [1.165, 1.54) is 38.5 Å². The third-order valence-corrected chi connectivity index (χ3v) is 19.7. The van der Waals surface area contributed by atoms with Gasteiger partial charge in [0.15, 0.2) is 0 Å². The molecule has 0 bridgehead atoms. The van der Waals surface area contributed by atoms with Crippen LogP contribution in [0.2, 0.25) is 17.7 Å². The van der Waals surface area contributed by atoms with Gasteiger partial charge in [-0.05, 0) is 97.3 Å². The van der Waals surface area contributed by atoms with Crippen molar-refractivity contribution in [2.75, 3.05) is 0 Å². The van der Waals surface area contributed by atoms with Crippen LogP contribution in [0, 0.1) is 23.7 Å². The molecule has 64 heavy (non-hydrogen) atoms. The number of carboxylic acid groups (broad SMARTS) is 4. The van der Waals surface area contributed by atoms with Crippen molar-refractivity contribution in [2.24, 2.45) is 23.7 Å². The van der Waals surface area contributed by atoms with Gasteiger partial charge in [0.05, 0.1) is 23.9 Å². The van der Waals surface area contributed by atoms with Crippen LogP contribution < -0.4 is 20.4 Å². The monoisotopic (exact) mass is 1120 g/mol. The van der Waals surface area contributed by atoms with Gasteiger partial charge in [-0.1, -0.05) is 132 Å². The molecule has 0 aliphatic heterocycles. The molecule has 0 aliphatic carbocycles. The van der Waals surface area contributed by atoms with Crippen molar-refractivity contribution in [1.82, 2.24) is 0 Å². The molecule has 0 rings (SSSR count). The van der Waals surface area contributed by atoms with Gasteiger partial charge >= 0.3 is 126 Å². The molecule has 10 heteroatoms. The summed E-state index contributed by atoms with van der Waals surface area (Å²) in [4.78, 5) is 45.3. The summed E-state index contributed by atoms with van der Waals surface area (Å²) in [6, 6.07) is 0. The van der Waals surface area contributed by atoms with Crippen LogP contribution >= 0.6 is 0 Å². The summed E-state index contributed by atoms with van der Waals surface area (Å²) >= 11 is 0.331. The van der Waals surface area contributed by atoms with Gasteiger partial charge in [0, 0.05) is 0 Å². The van der Waals surface area contributed by atoms with Gasteiger partial charge in [-0.2, -0.15) is 0 Å². The van der Waals surface area contributed by atoms with Crippen molar-refractivity contribution in [2.45, 2.75) is 268 Å². The van der Waals surface area contributed by atoms with Gasteiger partial charge in [0.25, 0.3) is 0 Å². The molecule has 8 nitrogen and oxygen atoms in total. The topological polar surface area (TPSA) is 161 Å². The molecule has 0 fully saturated rings. The van der Waals surface area contributed by atoms with Crippen LogP contribution in [0.1, 0.15) is 250 Å². The van der Waals surface area contributed by atoms with E-state index in [2.05, 4.69) is 83.1 Å². The number of carbonyl (C=O) groups excluding carboxylic acids is 4. The van der Waals surface area contributed by atoms with Gasteiger partial charge < -0.3 is 39.6 Å². The molecule has 0 saturated heterocycles. The summed E-state index contributed by atoms with van der Waals surface area (Å²) in [5.74, 6) is -2.92. The molecule has 0 radical (unpaired) electrons. The number of unbranched alkanes of at least 4 members (excludes halogenated alkanes) is 10. The van der Waals surface area contributed by atoms with Gasteiger partial charge in [-0.15, -0.1) is 0 Å². The number of hydrogen-bond donors (Lipinski definition) is 0. The molecule has 0 N–H and O–H groups in total. The van der Waals surface area contributed by atoms with Crippen molar-refractivity contribution >= 4 is 66.2 Å². The van der Waals surface area contributed by atoms with Crippen LogP contribution in [0.4, 0.5) is 0 Å². The van der Waals surface area contributed by atoms with E-state index in [0.29, 0.717) is 49.4 Å². The predicted octanol–water partition coefficient (Wildman–Crippen LogP) is 11.5. The van der Waals surface area contributed by atoms with Gasteiger partial charge in [0.1, 0.15) is 0 Å². The van der Waals surface area contributed by atoms with E-state index in [4.69, 9.17) is 0 Å². The van der Waals surface area contributed by atoms with E-state index in [-0.39, 0.29) is 90.3 Å². The van der Waals surface area contributed by atoms with Crippen LogP contribution in [-0.4, -0.2) is 66.2 Å². The Balaban J connectivity index is -0.000000420. The number of hydrogen-bond acceptors (Lipinski definition) is 8. The number of carboxylic acids is 4. The Labute approximate surface area is 416 Å². The van der Waals surface area contributed by atoms with Gasteiger partial charge in [-0.25, -0.2) is 0 Å². The zero-order valence-electron chi connectivity index (χ0n) is 43.8. The summed E-state index contributed by atoms with van der Waals surface area (Å²) in [6.07, 6.45) is 24.7. The Bertz CT molecular complexity index is 1010. The van der Waals surface area contributed by atoms with Gasteiger partial charge in [0.2, 0.25) is 0 Å². The van der Waals surface area contributed by atoms with E-state index in [1.54, 1.807) is 17.7 Å². The SMILES string of the molecule is CC(C)CCCCCC(C(=O)[O-])=C(CCCCCC(C)C)C(=O)[O-].CC(C)CCCCCC(C(=O)[O-])=C(CCCCCC(C)C)C(=O)[O-].CCC[CH2][Sn+2][CH2]CCC.CC[CH2][Sn+2][CH2]CC. The van der Waals surface area contributed by atoms with E-state index < -0.39 is 23.9 Å². The van der Waals surface area contributed by atoms with Crippen molar-refractivity contribution in [1.29, 1.82) is 0 Å². The fraction of sp³-hybridized carbons (Fsp3) is 0.852. The zero-order chi connectivity index (χ0) is 49.6. The Hall–Kier alpha value is -1.04. The first-order chi connectivity index (χ1) is 30.3. The second-order valence-electron chi connectivity index (χ2n) is 19.2. The Morgan fingerprint density at radius 1 is 0.312 bits per heavy atom. The second-order valence-corrected chi connectivity index (χ2v) is 27.8. The van der Waals surface area contributed by atoms with Crippen molar-refractivity contribution in [3.8, 4) is 0 Å². The molecule has 372 valence electrons. The molecule has 0 atom stereocenters. The van der Waals surface area contributed by atoms with Crippen LogP contribution in [0.5, 0.6) is 0 Å². The van der Waals surface area contributed by atoms with Crippen LogP contribution in [0.25, 0.3) is 0 Å². The number of carbonyl (C=O) groups is 4. The number of aliphatic carboxylic acids is 4. The molecule has 0 unspecified atom stereocenters. The van der Waals surface area contributed by atoms with E-state index in [1.807, 2.05) is 0 Å². The molecule has 0 aromatic heterocycles. The average molecular weight is 1110 g/mol. The fourth-order valence-electron chi connectivity index (χ4n) is 6.84. The first-order valence-corrected chi connectivity index (χ1v) is 34.1. The summed E-state index contributed by atoms with van der Waals surface area (Å²) in [7, 11) is 0. The Kier molecular flexibility index (Phi) is 55.8. The predicted molar refractivity (Wildman–Crippen MR) is 267 cm³/mol. The minimum absolute atomic E-state index is 0.0663. The quantitative estimate of drug-likeness (QED) is 0.0335. The molecule has 0 saturated carbocycles. The van der Waals surface area contributed by atoms with E-state index >= 15 is 0 Å². The van der Waals surface area contributed by atoms with Crippen molar-refractivity contribution < 1.29 is 39.6 Å². The summed E-state index contributed by atoms with van der Waals surface area (Å²) in [5, 5.41) is 45.3. The zero-order valence-corrected chi connectivity index (χ0v) is 49.5. The molecule has 0 heterocycles. The molecule has 0 amide bonds.